The van der Waals surface area contributed by atoms with Gasteiger partial charge in [-0.2, -0.15) is 9.40 Å². The molecule has 0 saturated carbocycles. The number of piperidine rings is 1. The Morgan fingerprint density at radius 1 is 1.39 bits per heavy atom. The summed E-state index contributed by atoms with van der Waals surface area (Å²) < 4.78 is 27.6. The van der Waals surface area contributed by atoms with Gasteiger partial charge < -0.3 is 5.32 Å². The Hall–Kier alpha value is -1.91. The number of benzene rings is 1. The highest BCUT2D eigenvalue weighted by molar-refractivity contribution is 7.99. The lowest BCUT2D eigenvalue weighted by Crippen LogP contribution is -2.45. The van der Waals surface area contributed by atoms with Gasteiger partial charge in [0.2, 0.25) is 15.9 Å². The Bertz CT molecular complexity index is 915. The zero-order valence-corrected chi connectivity index (χ0v) is 17.6. The number of rotatable bonds is 7. The maximum Gasteiger partial charge on any atom is 0.243 e. The molecule has 2 N–H and O–H groups in total. The zero-order valence-electron chi connectivity index (χ0n) is 16.0. The molecule has 1 aliphatic rings. The van der Waals surface area contributed by atoms with Gasteiger partial charge in [-0.25, -0.2) is 13.4 Å². The van der Waals surface area contributed by atoms with Crippen molar-refractivity contribution in [3.8, 4) is 0 Å². The smallest absolute Gasteiger partial charge is 0.243 e. The largest absolute Gasteiger partial charge is 0.355 e. The fourth-order valence-corrected chi connectivity index (χ4v) is 5.70. The number of hydrogen-bond acceptors (Lipinski definition) is 6. The van der Waals surface area contributed by atoms with Crippen LogP contribution in [0.25, 0.3) is 0 Å². The molecule has 0 radical (unpaired) electrons. The average molecular weight is 424 g/mol. The van der Waals surface area contributed by atoms with Gasteiger partial charge in [0.05, 0.1) is 10.8 Å². The first-order chi connectivity index (χ1) is 13.4. The van der Waals surface area contributed by atoms with E-state index in [2.05, 4.69) is 20.5 Å². The van der Waals surface area contributed by atoms with Crippen LogP contribution in [0.1, 0.15) is 24.0 Å². The first kappa shape index (κ1) is 20.8. The summed E-state index contributed by atoms with van der Waals surface area (Å²) >= 11 is 1.47. The van der Waals surface area contributed by atoms with Crippen molar-refractivity contribution in [3.05, 3.63) is 35.7 Å². The molecule has 2 aromatic rings. The molecule has 2 heterocycles. The number of hydrogen-bond donors (Lipinski definition) is 2. The van der Waals surface area contributed by atoms with Crippen molar-refractivity contribution in [2.75, 3.05) is 25.4 Å². The lowest BCUT2D eigenvalue weighted by atomic mass is 9.99. The lowest BCUT2D eigenvalue weighted by Gasteiger charge is -2.31. The minimum Gasteiger partial charge on any atom is -0.355 e. The normalized spacial score (nSPS) is 18.1. The highest BCUT2D eigenvalue weighted by atomic mass is 32.2. The number of carbonyl (C=O) groups is 1. The maximum absolute atomic E-state index is 13.1. The van der Waals surface area contributed by atoms with Gasteiger partial charge in [-0.15, -0.1) is 0 Å². The van der Waals surface area contributed by atoms with Crippen LogP contribution in [-0.4, -0.2) is 59.2 Å². The summed E-state index contributed by atoms with van der Waals surface area (Å²) in [6, 6.07) is 5.43. The van der Waals surface area contributed by atoms with E-state index in [-0.39, 0.29) is 18.4 Å². The monoisotopic (exact) mass is 423 g/mol. The number of nitrogens with zero attached hydrogens (tertiary/aromatic N) is 3. The SMILES string of the molecule is Cc1ccc(C)c(S(=O)(=O)N2CCCC(C(=O)NCCSc3ncn[nH]3)C2)c1. The minimum absolute atomic E-state index is 0.0981. The van der Waals surface area contributed by atoms with Crippen molar-refractivity contribution in [3.63, 3.8) is 0 Å². The first-order valence-electron chi connectivity index (χ1n) is 9.21. The van der Waals surface area contributed by atoms with Crippen LogP contribution in [0.15, 0.2) is 34.6 Å². The van der Waals surface area contributed by atoms with Crippen molar-refractivity contribution < 1.29 is 13.2 Å². The van der Waals surface area contributed by atoms with E-state index in [1.54, 1.807) is 13.0 Å². The number of aromatic amines is 1. The molecule has 1 atom stereocenters. The van der Waals surface area contributed by atoms with E-state index in [0.717, 1.165) is 11.1 Å². The Labute approximate surface area is 169 Å². The van der Waals surface area contributed by atoms with Crippen molar-refractivity contribution in [2.24, 2.45) is 5.92 Å². The van der Waals surface area contributed by atoms with Gasteiger partial charge in [-0.3, -0.25) is 9.89 Å². The summed E-state index contributed by atoms with van der Waals surface area (Å²) in [7, 11) is -3.61. The average Bonchev–Trinajstić information content (AvgIpc) is 3.20. The van der Waals surface area contributed by atoms with E-state index in [0.29, 0.717) is 41.7 Å². The van der Waals surface area contributed by atoms with Crippen LogP contribution < -0.4 is 5.32 Å². The van der Waals surface area contributed by atoms with E-state index in [1.807, 2.05) is 19.1 Å². The van der Waals surface area contributed by atoms with Gasteiger partial charge in [0, 0.05) is 25.4 Å². The standard InChI is InChI=1S/C18H25N5O3S2/c1-13-5-6-14(2)16(10-13)28(25,26)23-8-3-4-15(11-23)17(24)19-7-9-27-18-20-12-21-22-18/h5-6,10,12,15H,3-4,7-9,11H2,1-2H3,(H,19,24)(H,20,21,22). The number of nitrogens with one attached hydrogen (secondary N) is 2. The number of H-pyrrole nitrogens is 1. The van der Waals surface area contributed by atoms with Crippen LogP contribution in [0, 0.1) is 19.8 Å². The molecule has 8 nitrogen and oxygen atoms in total. The third-order valence-electron chi connectivity index (χ3n) is 4.75. The quantitative estimate of drug-likeness (QED) is 0.519. The molecule has 3 rings (SSSR count). The van der Waals surface area contributed by atoms with E-state index in [4.69, 9.17) is 0 Å². The van der Waals surface area contributed by atoms with Crippen LogP contribution in [0.5, 0.6) is 0 Å². The predicted octanol–water partition coefficient (Wildman–Crippen LogP) is 1.73. The second-order valence-corrected chi connectivity index (χ2v) is 9.89. The first-order valence-corrected chi connectivity index (χ1v) is 11.6. The molecule has 1 unspecified atom stereocenters. The van der Waals surface area contributed by atoms with Gasteiger partial charge in [-0.05, 0) is 43.9 Å². The van der Waals surface area contributed by atoms with Gasteiger partial charge in [0.25, 0.3) is 0 Å². The van der Waals surface area contributed by atoms with E-state index >= 15 is 0 Å². The second-order valence-electron chi connectivity index (χ2n) is 6.90. The van der Waals surface area contributed by atoms with Crippen molar-refractivity contribution in [1.29, 1.82) is 0 Å². The molecule has 28 heavy (non-hydrogen) atoms. The Balaban J connectivity index is 1.58. The number of aryl methyl sites for hydroxylation is 2. The molecule has 1 aliphatic heterocycles. The second kappa shape index (κ2) is 9.06. The number of carbonyl (C=O) groups excluding carboxylic acids is 1. The number of thioether (sulfide) groups is 1. The number of sulfonamides is 1. The molecule has 0 aliphatic carbocycles. The van der Waals surface area contributed by atoms with Crippen LogP contribution >= 0.6 is 11.8 Å². The van der Waals surface area contributed by atoms with Gasteiger partial charge in [0.1, 0.15) is 6.33 Å². The fourth-order valence-electron chi connectivity index (χ4n) is 3.23. The lowest BCUT2D eigenvalue weighted by molar-refractivity contribution is -0.125. The molecular formula is C18H25N5O3S2. The van der Waals surface area contributed by atoms with Crippen LogP contribution in [0.4, 0.5) is 0 Å². The molecule has 1 saturated heterocycles. The van der Waals surface area contributed by atoms with Crippen LogP contribution in [0.3, 0.4) is 0 Å². The van der Waals surface area contributed by atoms with Gasteiger partial charge in [-0.1, -0.05) is 23.9 Å². The molecular weight excluding hydrogens is 398 g/mol. The summed E-state index contributed by atoms with van der Waals surface area (Å²) in [6.45, 7) is 4.83. The van der Waals surface area contributed by atoms with E-state index in [9.17, 15) is 13.2 Å². The summed E-state index contributed by atoms with van der Waals surface area (Å²) in [5.41, 5.74) is 1.63. The molecule has 152 valence electrons. The van der Waals surface area contributed by atoms with E-state index < -0.39 is 10.0 Å². The highest BCUT2D eigenvalue weighted by Gasteiger charge is 2.33. The van der Waals surface area contributed by atoms with Crippen molar-refractivity contribution in [2.45, 2.75) is 36.7 Å². The molecule has 1 amide bonds. The van der Waals surface area contributed by atoms with Crippen LogP contribution in [-0.2, 0) is 14.8 Å². The third-order valence-corrected chi connectivity index (χ3v) is 7.63. The van der Waals surface area contributed by atoms with Crippen LogP contribution in [0.2, 0.25) is 0 Å². The third kappa shape index (κ3) is 4.92. The molecule has 0 spiro atoms. The fraction of sp³-hybridized carbons (Fsp3) is 0.500. The van der Waals surface area contributed by atoms with Crippen molar-refractivity contribution >= 4 is 27.7 Å². The Kier molecular flexibility index (Phi) is 6.73. The zero-order chi connectivity index (χ0) is 20.1. The molecule has 10 heteroatoms. The molecule has 1 fully saturated rings. The van der Waals surface area contributed by atoms with Crippen molar-refractivity contribution in [1.82, 2.24) is 24.8 Å². The Morgan fingerprint density at radius 3 is 2.96 bits per heavy atom. The van der Waals surface area contributed by atoms with E-state index in [1.165, 1.54) is 22.4 Å². The predicted molar refractivity (Wildman–Crippen MR) is 108 cm³/mol. The minimum atomic E-state index is -3.61. The summed E-state index contributed by atoms with van der Waals surface area (Å²) in [5, 5.41) is 10.1. The maximum atomic E-state index is 13.1. The summed E-state index contributed by atoms with van der Waals surface area (Å²) in [5.74, 6) is 0.237. The summed E-state index contributed by atoms with van der Waals surface area (Å²) in [6.07, 6.45) is 2.81. The topological polar surface area (TPSA) is 108 Å². The summed E-state index contributed by atoms with van der Waals surface area (Å²) in [4.78, 5) is 16.9. The van der Waals surface area contributed by atoms with Gasteiger partial charge in [0.15, 0.2) is 5.16 Å². The molecule has 1 aromatic heterocycles. The Morgan fingerprint density at radius 2 is 2.21 bits per heavy atom. The highest BCUT2D eigenvalue weighted by Crippen LogP contribution is 2.26. The number of aromatic nitrogens is 3. The molecule has 1 aromatic carbocycles. The number of amides is 1. The molecule has 0 bridgehead atoms. The van der Waals surface area contributed by atoms with Gasteiger partial charge >= 0.3 is 0 Å².